The van der Waals surface area contributed by atoms with Crippen LogP contribution in [0.3, 0.4) is 0 Å². The number of carbonyl (C=O) groups excluding carboxylic acids is 1. The largest absolute Gasteiger partial charge is 0.432 e. The van der Waals surface area contributed by atoms with Crippen LogP contribution in [0.5, 0.6) is 0 Å². The fourth-order valence-electron chi connectivity index (χ4n) is 2.98. The van der Waals surface area contributed by atoms with E-state index in [9.17, 15) is 4.79 Å². The van der Waals surface area contributed by atoms with E-state index in [2.05, 4.69) is 17.2 Å². The van der Waals surface area contributed by atoms with Gasteiger partial charge in [-0.1, -0.05) is 39.0 Å². The molecular weight excluding hydrogens is 240 g/mol. The summed E-state index contributed by atoms with van der Waals surface area (Å²) in [5, 5.41) is 2.87. The van der Waals surface area contributed by atoms with Crippen molar-refractivity contribution in [2.75, 3.05) is 5.32 Å². The summed E-state index contributed by atoms with van der Waals surface area (Å²) < 4.78 is 5.23. The summed E-state index contributed by atoms with van der Waals surface area (Å²) in [5.41, 5.74) is 0.595. The van der Waals surface area contributed by atoms with Crippen LogP contribution >= 0.6 is 0 Å². The number of hydrogen-bond donors (Lipinski definition) is 1. The van der Waals surface area contributed by atoms with Crippen LogP contribution in [0.1, 0.15) is 64.0 Å². The topological polar surface area (TPSA) is 55.1 Å². The molecule has 0 aliphatic heterocycles. The third-order valence-electron chi connectivity index (χ3n) is 4.14. The van der Waals surface area contributed by atoms with E-state index < -0.39 is 0 Å². The lowest BCUT2D eigenvalue weighted by molar-refractivity contribution is -0.128. The monoisotopic (exact) mass is 264 g/mol. The molecule has 2 rings (SSSR count). The van der Waals surface area contributed by atoms with Crippen molar-refractivity contribution in [2.24, 2.45) is 5.41 Å². The second-order valence-corrected chi connectivity index (χ2v) is 5.69. The number of anilines is 1. The van der Waals surface area contributed by atoms with Crippen LogP contribution in [0.15, 0.2) is 10.7 Å². The average Bonchev–Trinajstić information content (AvgIpc) is 2.83. The Bertz CT molecular complexity index is 420. The summed E-state index contributed by atoms with van der Waals surface area (Å²) in [7, 11) is 0. The predicted molar refractivity (Wildman–Crippen MR) is 74.9 cm³/mol. The molecule has 1 saturated carbocycles. The molecule has 1 heterocycles. The lowest BCUT2D eigenvalue weighted by atomic mass is 9.70. The average molecular weight is 264 g/mol. The molecule has 0 spiro atoms. The van der Waals surface area contributed by atoms with Crippen LogP contribution in [-0.4, -0.2) is 10.9 Å². The number of aromatic nitrogens is 1. The summed E-state index contributed by atoms with van der Waals surface area (Å²) in [4.78, 5) is 16.8. The number of rotatable bonds is 5. The molecule has 0 saturated heterocycles. The van der Waals surface area contributed by atoms with Gasteiger partial charge in [-0.15, -0.1) is 0 Å². The van der Waals surface area contributed by atoms with E-state index in [1.807, 2.05) is 6.92 Å². The van der Waals surface area contributed by atoms with Crippen LogP contribution in [0, 0.1) is 12.3 Å². The number of nitrogens with zero attached hydrogens (tertiary/aromatic N) is 1. The van der Waals surface area contributed by atoms with Gasteiger partial charge in [0.15, 0.2) is 0 Å². The summed E-state index contributed by atoms with van der Waals surface area (Å²) in [6, 6.07) is 0.337. The van der Waals surface area contributed by atoms with Gasteiger partial charge in [-0.2, -0.15) is 4.98 Å². The molecule has 1 aromatic heterocycles. The maximum atomic E-state index is 12.6. The third-order valence-corrected chi connectivity index (χ3v) is 4.14. The van der Waals surface area contributed by atoms with E-state index in [4.69, 9.17) is 4.42 Å². The van der Waals surface area contributed by atoms with Gasteiger partial charge in [0, 0.05) is 5.41 Å². The van der Waals surface area contributed by atoms with Crippen molar-refractivity contribution < 1.29 is 9.21 Å². The van der Waals surface area contributed by atoms with Crippen molar-refractivity contribution in [3.8, 4) is 0 Å². The second kappa shape index (κ2) is 6.22. The van der Waals surface area contributed by atoms with Crippen molar-refractivity contribution in [3.63, 3.8) is 0 Å². The summed E-state index contributed by atoms with van der Waals surface area (Å²) >= 11 is 0. The molecule has 1 N–H and O–H groups in total. The SMILES string of the molecule is CCCCC1(C(=O)Nc2nc(C)co2)CCCCC1. The van der Waals surface area contributed by atoms with Crippen molar-refractivity contribution in [2.45, 2.75) is 65.2 Å². The first kappa shape index (κ1) is 14.1. The minimum absolute atomic E-state index is 0.0995. The molecule has 1 aromatic rings. The summed E-state index contributed by atoms with van der Waals surface area (Å²) in [6.07, 6.45) is 10.3. The molecule has 4 heteroatoms. The lowest BCUT2D eigenvalue weighted by Gasteiger charge is -2.35. The highest BCUT2D eigenvalue weighted by Gasteiger charge is 2.39. The smallest absolute Gasteiger partial charge is 0.301 e. The zero-order valence-corrected chi connectivity index (χ0v) is 12.0. The first-order valence-electron chi connectivity index (χ1n) is 7.40. The quantitative estimate of drug-likeness (QED) is 0.872. The molecule has 0 bridgehead atoms. The zero-order chi connectivity index (χ0) is 13.7. The van der Waals surface area contributed by atoms with Crippen molar-refractivity contribution in [1.29, 1.82) is 0 Å². The normalized spacial score (nSPS) is 18.2. The van der Waals surface area contributed by atoms with Gasteiger partial charge in [-0.05, 0) is 26.2 Å². The number of carbonyl (C=O) groups is 1. The Morgan fingerprint density at radius 3 is 2.74 bits per heavy atom. The van der Waals surface area contributed by atoms with E-state index >= 15 is 0 Å². The number of aryl methyl sites for hydroxylation is 1. The molecule has 1 amide bonds. The van der Waals surface area contributed by atoms with Gasteiger partial charge in [0.1, 0.15) is 6.26 Å². The maximum Gasteiger partial charge on any atom is 0.301 e. The molecule has 0 aromatic carbocycles. The van der Waals surface area contributed by atoms with Gasteiger partial charge >= 0.3 is 6.01 Å². The molecule has 106 valence electrons. The fourth-order valence-corrected chi connectivity index (χ4v) is 2.98. The van der Waals surface area contributed by atoms with Crippen molar-refractivity contribution in [3.05, 3.63) is 12.0 Å². The molecule has 19 heavy (non-hydrogen) atoms. The van der Waals surface area contributed by atoms with Crippen LogP contribution in [-0.2, 0) is 4.79 Å². The summed E-state index contributed by atoms with van der Waals surface area (Å²) in [5.74, 6) is 0.0995. The van der Waals surface area contributed by atoms with E-state index in [1.165, 1.54) is 6.42 Å². The molecule has 4 nitrogen and oxygen atoms in total. The molecule has 1 aliphatic carbocycles. The van der Waals surface area contributed by atoms with Gasteiger partial charge in [-0.25, -0.2) is 0 Å². The van der Waals surface area contributed by atoms with Crippen LogP contribution in [0.4, 0.5) is 6.01 Å². The van der Waals surface area contributed by atoms with Crippen LogP contribution in [0.25, 0.3) is 0 Å². The molecule has 0 atom stereocenters. The van der Waals surface area contributed by atoms with Gasteiger partial charge in [0.25, 0.3) is 0 Å². The molecule has 0 radical (unpaired) electrons. The van der Waals surface area contributed by atoms with Gasteiger partial charge < -0.3 is 4.42 Å². The Kier molecular flexibility index (Phi) is 4.61. The first-order chi connectivity index (χ1) is 9.16. The second-order valence-electron chi connectivity index (χ2n) is 5.69. The van der Waals surface area contributed by atoms with E-state index in [0.29, 0.717) is 6.01 Å². The maximum absolute atomic E-state index is 12.6. The molecule has 1 aliphatic rings. The third kappa shape index (κ3) is 3.37. The number of hydrogen-bond acceptors (Lipinski definition) is 3. The Balaban J connectivity index is 2.06. The predicted octanol–water partition coefficient (Wildman–Crippen LogP) is 4.06. The Morgan fingerprint density at radius 2 is 2.16 bits per heavy atom. The fraction of sp³-hybridized carbons (Fsp3) is 0.733. The van der Waals surface area contributed by atoms with E-state index in [1.54, 1.807) is 6.26 Å². The number of amides is 1. The lowest BCUT2D eigenvalue weighted by Crippen LogP contribution is -2.38. The van der Waals surface area contributed by atoms with E-state index in [0.717, 1.165) is 50.6 Å². The number of nitrogens with one attached hydrogen (secondary N) is 1. The molecular formula is C15H24N2O2. The van der Waals surface area contributed by atoms with Gasteiger partial charge in [-0.3, -0.25) is 10.1 Å². The highest BCUT2D eigenvalue weighted by atomic mass is 16.4. The van der Waals surface area contributed by atoms with Gasteiger partial charge in [0.05, 0.1) is 5.69 Å². The Hall–Kier alpha value is -1.32. The Morgan fingerprint density at radius 1 is 1.42 bits per heavy atom. The molecule has 1 fully saturated rings. The molecule has 0 unspecified atom stereocenters. The van der Waals surface area contributed by atoms with Crippen LogP contribution < -0.4 is 5.32 Å². The van der Waals surface area contributed by atoms with Crippen molar-refractivity contribution >= 4 is 11.9 Å². The summed E-state index contributed by atoms with van der Waals surface area (Å²) in [6.45, 7) is 4.03. The minimum atomic E-state index is -0.198. The number of unbranched alkanes of at least 4 members (excludes halogenated alkanes) is 1. The van der Waals surface area contributed by atoms with Crippen LogP contribution in [0.2, 0.25) is 0 Å². The minimum Gasteiger partial charge on any atom is -0.432 e. The van der Waals surface area contributed by atoms with Crippen molar-refractivity contribution in [1.82, 2.24) is 4.98 Å². The highest BCUT2D eigenvalue weighted by molar-refractivity contribution is 5.93. The standard InChI is InChI=1S/C15H24N2O2/c1-3-4-8-15(9-6-5-7-10-15)13(18)17-14-16-12(2)11-19-14/h11H,3-10H2,1-2H3,(H,16,17,18). The zero-order valence-electron chi connectivity index (χ0n) is 12.0. The van der Waals surface area contributed by atoms with Gasteiger partial charge in [0.2, 0.25) is 5.91 Å². The Labute approximate surface area is 115 Å². The first-order valence-corrected chi connectivity index (χ1v) is 7.40. The highest BCUT2D eigenvalue weighted by Crippen LogP contribution is 2.41. The number of oxazole rings is 1. The van der Waals surface area contributed by atoms with E-state index in [-0.39, 0.29) is 11.3 Å².